The van der Waals surface area contributed by atoms with Crippen LogP contribution in [0.5, 0.6) is 0 Å². The summed E-state index contributed by atoms with van der Waals surface area (Å²) in [6.45, 7) is 4.25. The Balaban J connectivity index is 3.20. The zero-order valence-electron chi connectivity index (χ0n) is 12.1. The van der Waals surface area contributed by atoms with E-state index in [-0.39, 0.29) is 17.2 Å². The highest BCUT2D eigenvalue weighted by molar-refractivity contribution is 7.91. The van der Waals surface area contributed by atoms with E-state index in [2.05, 4.69) is 4.74 Å². The second kappa shape index (κ2) is 7.28. The Hall–Kier alpha value is -1.56. The topological polar surface area (TPSA) is 63.7 Å². The molecule has 0 fully saturated rings. The molecule has 0 amide bonds. The summed E-state index contributed by atoms with van der Waals surface area (Å²) in [5.74, 6) is -0.297. The lowest BCUT2D eigenvalue weighted by Gasteiger charge is -2.24. The Kier molecular flexibility index (Phi) is 6.01. The van der Waals surface area contributed by atoms with Crippen LogP contribution in [0.4, 0.5) is 5.69 Å². The molecule has 0 aliphatic carbocycles. The summed E-state index contributed by atoms with van der Waals surface area (Å²) in [7, 11) is -2.02. The van der Waals surface area contributed by atoms with Crippen LogP contribution in [-0.4, -0.2) is 40.3 Å². The van der Waals surface area contributed by atoms with Crippen LogP contribution < -0.4 is 4.90 Å². The first kappa shape index (κ1) is 16.5. The molecule has 1 aromatic carbocycles. The molecule has 0 N–H and O–H groups in total. The van der Waals surface area contributed by atoms with E-state index < -0.39 is 15.8 Å². The molecule has 20 heavy (non-hydrogen) atoms. The molecule has 0 atom stereocenters. The fourth-order valence-electron chi connectivity index (χ4n) is 1.95. The number of carbonyl (C=O) groups is 1. The summed E-state index contributed by atoms with van der Waals surface area (Å²) >= 11 is 0. The molecule has 6 heteroatoms. The molecule has 0 aromatic heterocycles. The summed E-state index contributed by atoms with van der Waals surface area (Å²) < 4.78 is 29.2. The Morgan fingerprint density at radius 2 is 1.90 bits per heavy atom. The van der Waals surface area contributed by atoms with Gasteiger partial charge in [0.15, 0.2) is 9.84 Å². The van der Waals surface area contributed by atoms with Crippen molar-refractivity contribution < 1.29 is 17.9 Å². The van der Waals surface area contributed by atoms with E-state index in [1.165, 1.54) is 7.11 Å². The Morgan fingerprint density at radius 1 is 1.25 bits per heavy atom. The van der Waals surface area contributed by atoms with Gasteiger partial charge >= 0.3 is 5.97 Å². The fourth-order valence-corrected chi connectivity index (χ4v) is 3.51. The zero-order chi connectivity index (χ0) is 15.2. The van der Waals surface area contributed by atoms with E-state index in [0.717, 1.165) is 0 Å². The van der Waals surface area contributed by atoms with Gasteiger partial charge in [-0.3, -0.25) is 4.79 Å². The number of anilines is 1. The van der Waals surface area contributed by atoms with E-state index in [9.17, 15) is 13.2 Å². The molecule has 0 spiro atoms. The zero-order valence-corrected chi connectivity index (χ0v) is 12.9. The molecular formula is C14H21NO4S. The number of methoxy groups -OCH3 is 1. The second-order valence-corrected chi connectivity index (χ2v) is 6.45. The van der Waals surface area contributed by atoms with Crippen molar-refractivity contribution in [3.05, 3.63) is 24.3 Å². The van der Waals surface area contributed by atoms with E-state index in [1.54, 1.807) is 29.2 Å². The van der Waals surface area contributed by atoms with Crippen LogP contribution in [0.1, 0.15) is 20.3 Å². The number of likely N-dealkylation sites (N-methyl/N-ethyl adjacent to an activating group) is 1. The molecule has 0 saturated carbocycles. The van der Waals surface area contributed by atoms with Gasteiger partial charge in [-0.1, -0.05) is 19.1 Å². The monoisotopic (exact) mass is 299 g/mol. The lowest BCUT2D eigenvalue weighted by Crippen LogP contribution is -2.31. The Labute approximate surface area is 120 Å². The molecule has 1 rings (SSSR count). The SMILES string of the molecule is CCCS(=O)(=O)c1ccccc1N(CC)CC(=O)OC. The van der Waals surface area contributed by atoms with Crippen molar-refractivity contribution in [1.82, 2.24) is 0 Å². The van der Waals surface area contributed by atoms with Crippen LogP contribution in [0, 0.1) is 0 Å². The maximum Gasteiger partial charge on any atom is 0.325 e. The number of esters is 1. The first-order valence-electron chi connectivity index (χ1n) is 6.59. The maximum absolute atomic E-state index is 12.3. The van der Waals surface area contributed by atoms with Crippen molar-refractivity contribution in [3.8, 4) is 0 Å². The standard InChI is InChI=1S/C14H21NO4S/c1-4-10-20(17,18)13-9-7-6-8-12(13)15(5-2)11-14(16)19-3/h6-9H,4-5,10-11H2,1-3H3. The van der Waals surface area contributed by atoms with Crippen molar-refractivity contribution in [3.63, 3.8) is 0 Å². The highest BCUT2D eigenvalue weighted by Gasteiger charge is 2.21. The molecule has 0 aliphatic rings. The van der Waals surface area contributed by atoms with Gasteiger partial charge in [-0.25, -0.2) is 8.42 Å². The maximum atomic E-state index is 12.3. The number of ether oxygens (including phenoxy) is 1. The minimum Gasteiger partial charge on any atom is -0.468 e. The first-order chi connectivity index (χ1) is 9.46. The molecule has 0 bridgehead atoms. The summed E-state index contributed by atoms with van der Waals surface area (Å²) in [6.07, 6.45) is 0.555. The predicted octanol–water partition coefficient (Wildman–Crippen LogP) is 1.87. The highest BCUT2D eigenvalue weighted by atomic mass is 32.2. The quantitative estimate of drug-likeness (QED) is 0.719. The van der Waals surface area contributed by atoms with Gasteiger partial charge in [-0.05, 0) is 25.5 Å². The van der Waals surface area contributed by atoms with E-state index in [0.29, 0.717) is 18.7 Å². The van der Waals surface area contributed by atoms with Crippen molar-refractivity contribution in [2.75, 3.05) is 30.9 Å². The minimum absolute atomic E-state index is 0.0334. The lowest BCUT2D eigenvalue weighted by molar-refractivity contribution is -0.138. The van der Waals surface area contributed by atoms with Crippen LogP contribution in [-0.2, 0) is 19.4 Å². The molecule has 0 aliphatic heterocycles. The third-order valence-electron chi connectivity index (χ3n) is 2.94. The summed E-state index contributed by atoms with van der Waals surface area (Å²) in [5, 5.41) is 0. The fraction of sp³-hybridized carbons (Fsp3) is 0.500. The van der Waals surface area contributed by atoms with Crippen LogP contribution in [0.2, 0.25) is 0 Å². The van der Waals surface area contributed by atoms with Gasteiger partial charge in [0.2, 0.25) is 0 Å². The van der Waals surface area contributed by atoms with Crippen molar-refractivity contribution in [2.45, 2.75) is 25.2 Å². The van der Waals surface area contributed by atoms with Gasteiger partial charge < -0.3 is 9.64 Å². The van der Waals surface area contributed by atoms with Crippen LogP contribution in [0.25, 0.3) is 0 Å². The number of nitrogens with zero attached hydrogens (tertiary/aromatic N) is 1. The molecule has 0 saturated heterocycles. The average Bonchev–Trinajstić information content (AvgIpc) is 2.44. The van der Waals surface area contributed by atoms with Crippen molar-refractivity contribution in [2.24, 2.45) is 0 Å². The Bertz CT molecular complexity index is 554. The number of benzene rings is 1. The van der Waals surface area contributed by atoms with E-state index in [4.69, 9.17) is 0 Å². The molecule has 1 aromatic rings. The first-order valence-corrected chi connectivity index (χ1v) is 8.25. The van der Waals surface area contributed by atoms with Gasteiger partial charge in [0.05, 0.1) is 23.4 Å². The molecule has 0 radical (unpaired) electrons. The number of sulfone groups is 1. The Morgan fingerprint density at radius 3 is 2.45 bits per heavy atom. The number of carbonyl (C=O) groups excluding carboxylic acids is 1. The van der Waals surface area contributed by atoms with Crippen LogP contribution in [0.3, 0.4) is 0 Å². The molecule has 0 heterocycles. The van der Waals surface area contributed by atoms with Gasteiger partial charge in [-0.2, -0.15) is 0 Å². The average molecular weight is 299 g/mol. The summed E-state index contributed by atoms with van der Waals surface area (Å²) in [4.78, 5) is 13.4. The predicted molar refractivity (Wildman–Crippen MR) is 78.7 cm³/mol. The van der Waals surface area contributed by atoms with Gasteiger partial charge in [-0.15, -0.1) is 0 Å². The van der Waals surface area contributed by atoms with E-state index in [1.807, 2.05) is 13.8 Å². The highest BCUT2D eigenvalue weighted by Crippen LogP contribution is 2.26. The molecule has 112 valence electrons. The summed E-state index contributed by atoms with van der Waals surface area (Å²) in [5.41, 5.74) is 0.550. The second-order valence-electron chi connectivity index (χ2n) is 4.38. The minimum atomic E-state index is -3.33. The number of rotatable bonds is 7. The van der Waals surface area contributed by atoms with Gasteiger partial charge in [0, 0.05) is 6.54 Å². The number of para-hydroxylation sites is 1. The molecule has 5 nitrogen and oxygen atoms in total. The third kappa shape index (κ3) is 3.96. The smallest absolute Gasteiger partial charge is 0.325 e. The van der Waals surface area contributed by atoms with Crippen LogP contribution >= 0.6 is 0 Å². The number of hydrogen-bond acceptors (Lipinski definition) is 5. The van der Waals surface area contributed by atoms with E-state index >= 15 is 0 Å². The van der Waals surface area contributed by atoms with Crippen LogP contribution in [0.15, 0.2) is 29.2 Å². The van der Waals surface area contributed by atoms with Gasteiger partial charge in [0.1, 0.15) is 6.54 Å². The summed E-state index contributed by atoms with van der Waals surface area (Å²) in [6, 6.07) is 6.76. The normalized spacial score (nSPS) is 11.2. The molecule has 0 unspecified atom stereocenters. The van der Waals surface area contributed by atoms with Gasteiger partial charge in [0.25, 0.3) is 0 Å². The third-order valence-corrected chi connectivity index (χ3v) is 4.90. The molecular weight excluding hydrogens is 278 g/mol. The number of hydrogen-bond donors (Lipinski definition) is 0. The lowest BCUT2D eigenvalue weighted by atomic mass is 10.3. The largest absolute Gasteiger partial charge is 0.468 e. The van der Waals surface area contributed by atoms with Crippen molar-refractivity contribution >= 4 is 21.5 Å². The van der Waals surface area contributed by atoms with Crippen molar-refractivity contribution in [1.29, 1.82) is 0 Å².